The van der Waals surface area contributed by atoms with E-state index in [9.17, 15) is 9.18 Å². The summed E-state index contributed by atoms with van der Waals surface area (Å²) in [5.74, 6) is 0.320. The standard InChI is InChI=1S/C21H15ClFN5O/c1-27-10-14(9-24-21(27)29)12-2-3-18-15(6-12)20(26-11-25-18)28-5-4-13-7-17(23)16(22)8-19(13)28/h2-3,6-11H,4-5H2,1H3. The van der Waals surface area contributed by atoms with Crippen molar-refractivity contribution < 1.29 is 4.39 Å². The van der Waals surface area contributed by atoms with E-state index < -0.39 is 5.82 Å². The van der Waals surface area contributed by atoms with Crippen molar-refractivity contribution in [3.8, 4) is 11.1 Å². The highest BCUT2D eigenvalue weighted by molar-refractivity contribution is 6.31. The number of fused-ring (bicyclic) bond motifs is 2. The average Bonchev–Trinajstić information content (AvgIpc) is 3.12. The Kier molecular flexibility index (Phi) is 4.06. The van der Waals surface area contributed by atoms with Crippen molar-refractivity contribution in [2.45, 2.75) is 6.42 Å². The summed E-state index contributed by atoms with van der Waals surface area (Å²) < 4.78 is 15.3. The minimum atomic E-state index is -0.413. The molecular weight excluding hydrogens is 393 g/mol. The molecule has 0 fully saturated rings. The molecule has 0 spiro atoms. The van der Waals surface area contributed by atoms with Gasteiger partial charge >= 0.3 is 5.69 Å². The fourth-order valence-corrected chi connectivity index (χ4v) is 3.86. The number of aryl methyl sites for hydroxylation is 1. The first-order valence-electron chi connectivity index (χ1n) is 9.04. The molecule has 2 aromatic heterocycles. The molecule has 3 heterocycles. The smallest absolute Gasteiger partial charge is 0.325 e. The Morgan fingerprint density at radius 3 is 2.79 bits per heavy atom. The van der Waals surface area contributed by atoms with E-state index in [1.807, 2.05) is 23.1 Å². The molecule has 2 aromatic carbocycles. The molecule has 0 radical (unpaired) electrons. The van der Waals surface area contributed by atoms with Gasteiger partial charge in [-0.25, -0.2) is 24.1 Å². The van der Waals surface area contributed by atoms with Gasteiger partial charge in [0.15, 0.2) is 0 Å². The Morgan fingerprint density at radius 2 is 1.97 bits per heavy atom. The molecule has 29 heavy (non-hydrogen) atoms. The van der Waals surface area contributed by atoms with Gasteiger partial charge in [0.25, 0.3) is 0 Å². The molecule has 6 nitrogen and oxygen atoms in total. The number of aromatic nitrogens is 4. The van der Waals surface area contributed by atoms with Gasteiger partial charge in [0.2, 0.25) is 0 Å². The number of halogens is 2. The predicted molar refractivity (Wildman–Crippen MR) is 110 cm³/mol. The number of rotatable bonds is 2. The highest BCUT2D eigenvalue weighted by Crippen LogP contribution is 2.39. The van der Waals surface area contributed by atoms with Crippen molar-refractivity contribution >= 4 is 34.0 Å². The van der Waals surface area contributed by atoms with E-state index in [1.165, 1.54) is 17.0 Å². The minimum Gasteiger partial charge on any atom is -0.325 e. The van der Waals surface area contributed by atoms with Crippen molar-refractivity contribution in [2.75, 3.05) is 11.4 Å². The van der Waals surface area contributed by atoms with Gasteiger partial charge in [-0.3, -0.25) is 0 Å². The summed E-state index contributed by atoms with van der Waals surface area (Å²) in [5.41, 5.74) is 3.95. The van der Waals surface area contributed by atoms with Gasteiger partial charge in [0.05, 0.1) is 10.5 Å². The molecule has 4 aromatic rings. The average molecular weight is 408 g/mol. The molecule has 0 saturated heterocycles. The van der Waals surface area contributed by atoms with Crippen LogP contribution in [0.15, 0.2) is 53.8 Å². The summed E-state index contributed by atoms with van der Waals surface area (Å²) >= 11 is 6.03. The first-order valence-corrected chi connectivity index (χ1v) is 9.42. The number of anilines is 2. The SMILES string of the molecule is Cn1cc(-c2ccc3ncnc(N4CCc5cc(F)c(Cl)cc54)c3c2)cnc1=O. The molecule has 1 aliphatic heterocycles. The van der Waals surface area contributed by atoms with Crippen LogP contribution in [0.3, 0.4) is 0 Å². The van der Waals surface area contributed by atoms with E-state index in [4.69, 9.17) is 11.6 Å². The Morgan fingerprint density at radius 1 is 1.10 bits per heavy atom. The highest BCUT2D eigenvalue weighted by atomic mass is 35.5. The van der Waals surface area contributed by atoms with Crippen LogP contribution >= 0.6 is 11.6 Å². The molecule has 0 aliphatic carbocycles. The van der Waals surface area contributed by atoms with Gasteiger partial charge in [-0.15, -0.1) is 0 Å². The van der Waals surface area contributed by atoms with Crippen LogP contribution in [0.4, 0.5) is 15.9 Å². The largest absolute Gasteiger partial charge is 0.347 e. The fourth-order valence-electron chi connectivity index (χ4n) is 3.70. The van der Waals surface area contributed by atoms with E-state index >= 15 is 0 Å². The molecule has 0 atom stereocenters. The predicted octanol–water partition coefficient (Wildman–Crippen LogP) is 3.88. The van der Waals surface area contributed by atoms with E-state index in [0.717, 1.165) is 39.1 Å². The van der Waals surface area contributed by atoms with E-state index in [2.05, 4.69) is 15.0 Å². The normalized spacial score (nSPS) is 13.1. The Hall–Kier alpha value is -3.32. The maximum atomic E-state index is 13.9. The first-order chi connectivity index (χ1) is 14.0. The van der Waals surface area contributed by atoms with E-state index in [1.54, 1.807) is 25.5 Å². The molecule has 1 aliphatic rings. The van der Waals surface area contributed by atoms with E-state index in [-0.39, 0.29) is 10.7 Å². The van der Waals surface area contributed by atoms with Gasteiger partial charge in [-0.2, -0.15) is 0 Å². The quantitative estimate of drug-likeness (QED) is 0.504. The molecule has 0 amide bonds. The summed E-state index contributed by atoms with van der Waals surface area (Å²) in [6.07, 6.45) is 5.53. The maximum absolute atomic E-state index is 13.9. The van der Waals surface area contributed by atoms with Gasteiger partial charge in [-0.05, 0) is 41.8 Å². The third-order valence-electron chi connectivity index (χ3n) is 5.17. The summed E-state index contributed by atoms with van der Waals surface area (Å²) in [7, 11) is 1.67. The number of hydrogen-bond donors (Lipinski definition) is 0. The number of nitrogens with zero attached hydrogens (tertiary/aromatic N) is 5. The molecule has 0 unspecified atom stereocenters. The lowest BCUT2D eigenvalue weighted by Gasteiger charge is -2.20. The number of hydrogen-bond acceptors (Lipinski definition) is 5. The Balaban J connectivity index is 1.67. The van der Waals surface area contributed by atoms with Crippen LogP contribution in [0.25, 0.3) is 22.0 Å². The third-order valence-corrected chi connectivity index (χ3v) is 5.46. The molecule has 8 heteroatoms. The topological polar surface area (TPSA) is 63.9 Å². The van der Waals surface area contributed by atoms with E-state index in [0.29, 0.717) is 13.0 Å². The minimum absolute atomic E-state index is 0.0889. The third kappa shape index (κ3) is 2.94. The van der Waals surface area contributed by atoms with Crippen molar-refractivity contribution in [2.24, 2.45) is 7.05 Å². The zero-order chi connectivity index (χ0) is 20.1. The lowest BCUT2D eigenvalue weighted by Crippen LogP contribution is -2.18. The van der Waals surface area contributed by atoms with Crippen LogP contribution in [0, 0.1) is 5.82 Å². The van der Waals surface area contributed by atoms with Crippen molar-refractivity contribution in [1.29, 1.82) is 0 Å². The van der Waals surface area contributed by atoms with Gasteiger partial charge in [0.1, 0.15) is 18.0 Å². The second-order valence-corrected chi connectivity index (χ2v) is 7.37. The van der Waals surface area contributed by atoms with Crippen LogP contribution in [0.1, 0.15) is 5.56 Å². The van der Waals surface area contributed by atoms with Crippen molar-refractivity contribution in [3.63, 3.8) is 0 Å². The Bertz CT molecular complexity index is 1340. The molecule has 0 N–H and O–H groups in total. The zero-order valence-electron chi connectivity index (χ0n) is 15.4. The molecule has 144 valence electrons. The zero-order valence-corrected chi connectivity index (χ0v) is 16.2. The van der Waals surface area contributed by atoms with Crippen molar-refractivity contribution in [1.82, 2.24) is 19.5 Å². The van der Waals surface area contributed by atoms with Gasteiger partial charge < -0.3 is 9.47 Å². The van der Waals surface area contributed by atoms with Gasteiger partial charge in [0, 0.05) is 42.6 Å². The first kappa shape index (κ1) is 17.8. The van der Waals surface area contributed by atoms with Crippen LogP contribution in [-0.2, 0) is 13.5 Å². The van der Waals surface area contributed by atoms with Gasteiger partial charge in [-0.1, -0.05) is 17.7 Å². The molecule has 5 rings (SSSR count). The highest BCUT2D eigenvalue weighted by Gasteiger charge is 2.25. The van der Waals surface area contributed by atoms with Crippen LogP contribution in [-0.4, -0.2) is 26.1 Å². The molecular formula is C21H15ClFN5O. The summed E-state index contributed by atoms with van der Waals surface area (Å²) in [6, 6.07) is 8.96. The van der Waals surface area contributed by atoms with Crippen molar-refractivity contribution in [3.05, 3.63) is 75.9 Å². The maximum Gasteiger partial charge on any atom is 0.347 e. The lowest BCUT2D eigenvalue weighted by atomic mass is 10.1. The second kappa shape index (κ2) is 6.63. The summed E-state index contributed by atoms with van der Waals surface area (Å²) in [4.78, 5) is 26.4. The summed E-state index contributed by atoms with van der Waals surface area (Å²) in [5, 5.41) is 0.943. The molecule has 0 saturated carbocycles. The second-order valence-electron chi connectivity index (χ2n) is 6.96. The van der Waals surface area contributed by atoms with Crippen LogP contribution in [0.2, 0.25) is 5.02 Å². The fraction of sp³-hybridized carbons (Fsp3) is 0.143. The summed E-state index contributed by atoms with van der Waals surface area (Å²) in [6.45, 7) is 0.673. The Labute approximate surface area is 170 Å². The van der Waals surface area contributed by atoms with Crippen LogP contribution < -0.4 is 10.6 Å². The monoisotopic (exact) mass is 407 g/mol. The lowest BCUT2D eigenvalue weighted by molar-refractivity contribution is 0.627. The van der Waals surface area contributed by atoms with Crippen LogP contribution in [0.5, 0.6) is 0 Å². The number of benzene rings is 2. The molecule has 0 bridgehead atoms.